The number of carbonyl (C=O) groups excluding carboxylic acids is 1. The summed E-state index contributed by atoms with van der Waals surface area (Å²) in [5, 5.41) is 7.43. The summed E-state index contributed by atoms with van der Waals surface area (Å²) < 4.78 is 22.5. The minimum absolute atomic E-state index is 0.0195. The Kier molecular flexibility index (Phi) is 5.60. The van der Waals surface area contributed by atoms with E-state index < -0.39 is 27.0 Å². The lowest BCUT2D eigenvalue weighted by atomic mass is 10.2. The summed E-state index contributed by atoms with van der Waals surface area (Å²) >= 11 is 0. The van der Waals surface area contributed by atoms with Gasteiger partial charge < -0.3 is 10.0 Å². The number of hydrogen-bond donors (Lipinski definition) is 1. The van der Waals surface area contributed by atoms with Crippen LogP contribution in [0.2, 0.25) is 0 Å². The first-order valence-electron chi connectivity index (χ1n) is 5.28. The minimum atomic E-state index is -3.46. The van der Waals surface area contributed by atoms with E-state index in [0.717, 1.165) is 6.26 Å². The molecule has 0 aromatic rings. The highest BCUT2D eigenvalue weighted by Gasteiger charge is 2.29. The van der Waals surface area contributed by atoms with E-state index in [-0.39, 0.29) is 19.0 Å². The number of carboxylic acids is 1. The molecule has 17 heavy (non-hydrogen) atoms. The Hall–Kier alpha value is -1.11. The lowest BCUT2D eigenvalue weighted by molar-refractivity contribution is -0.138. The quantitative estimate of drug-likeness (QED) is 0.737. The highest BCUT2D eigenvalue weighted by atomic mass is 32.2. The van der Waals surface area contributed by atoms with E-state index in [1.807, 2.05) is 0 Å². The summed E-state index contributed by atoms with van der Waals surface area (Å²) in [5.41, 5.74) is 0. The smallest absolute Gasteiger partial charge is 0.305 e. The van der Waals surface area contributed by atoms with E-state index in [1.165, 1.54) is 11.8 Å². The standard InChI is InChI=1S/C10H19NO5S/c1-7(2)11(6-5-9(12)13)10(14)8(3)17(4,15)16/h7-8H,5-6H2,1-4H3,(H,12,13). The van der Waals surface area contributed by atoms with Crippen molar-refractivity contribution in [3.63, 3.8) is 0 Å². The van der Waals surface area contributed by atoms with Gasteiger partial charge >= 0.3 is 5.97 Å². The van der Waals surface area contributed by atoms with Crippen LogP contribution >= 0.6 is 0 Å². The maximum atomic E-state index is 11.9. The SMILES string of the molecule is CC(C)N(CCC(=O)O)C(=O)C(C)S(C)(=O)=O. The van der Waals surface area contributed by atoms with Crippen molar-refractivity contribution >= 4 is 21.7 Å². The molecule has 100 valence electrons. The largest absolute Gasteiger partial charge is 0.481 e. The molecule has 0 fully saturated rings. The lowest BCUT2D eigenvalue weighted by Gasteiger charge is -2.28. The third kappa shape index (κ3) is 5.16. The fourth-order valence-electron chi connectivity index (χ4n) is 1.26. The highest BCUT2D eigenvalue weighted by Crippen LogP contribution is 2.08. The average Bonchev–Trinajstić information content (AvgIpc) is 2.13. The number of carboxylic acid groups (broad SMARTS) is 1. The van der Waals surface area contributed by atoms with E-state index in [4.69, 9.17) is 5.11 Å². The summed E-state index contributed by atoms with van der Waals surface area (Å²) in [7, 11) is -3.46. The zero-order chi connectivity index (χ0) is 13.8. The predicted molar refractivity (Wildman–Crippen MR) is 63.4 cm³/mol. The molecule has 0 saturated carbocycles. The molecule has 0 aromatic carbocycles. The first kappa shape index (κ1) is 15.9. The van der Waals surface area contributed by atoms with Crippen molar-refractivity contribution < 1.29 is 23.1 Å². The van der Waals surface area contributed by atoms with Crippen molar-refractivity contribution in [1.82, 2.24) is 4.90 Å². The molecular weight excluding hydrogens is 246 g/mol. The summed E-state index contributed by atoms with van der Waals surface area (Å²) in [6.07, 6.45) is 0.797. The van der Waals surface area contributed by atoms with Gasteiger partial charge in [-0.05, 0) is 20.8 Å². The number of nitrogens with zero attached hydrogens (tertiary/aromatic N) is 1. The van der Waals surface area contributed by atoms with E-state index in [9.17, 15) is 18.0 Å². The van der Waals surface area contributed by atoms with Crippen LogP contribution in [0.25, 0.3) is 0 Å². The second-order valence-corrected chi connectivity index (χ2v) is 6.61. The fourth-order valence-corrected chi connectivity index (χ4v) is 1.76. The maximum Gasteiger partial charge on any atom is 0.305 e. The second kappa shape index (κ2) is 6.00. The Morgan fingerprint density at radius 3 is 2.00 bits per heavy atom. The van der Waals surface area contributed by atoms with Crippen molar-refractivity contribution in [3.8, 4) is 0 Å². The van der Waals surface area contributed by atoms with Crippen LogP contribution in [0.4, 0.5) is 0 Å². The Balaban J connectivity index is 4.84. The minimum Gasteiger partial charge on any atom is -0.481 e. The third-order valence-electron chi connectivity index (χ3n) is 2.46. The number of rotatable bonds is 6. The van der Waals surface area contributed by atoms with E-state index in [1.54, 1.807) is 13.8 Å². The van der Waals surface area contributed by atoms with E-state index >= 15 is 0 Å². The summed E-state index contributed by atoms with van der Waals surface area (Å²) in [5.74, 6) is -1.57. The Labute approximate surface area is 102 Å². The van der Waals surface area contributed by atoms with Gasteiger partial charge in [0.05, 0.1) is 6.42 Å². The maximum absolute atomic E-state index is 11.9. The van der Waals surface area contributed by atoms with E-state index in [2.05, 4.69) is 0 Å². The van der Waals surface area contributed by atoms with Crippen molar-refractivity contribution in [2.24, 2.45) is 0 Å². The Bertz CT molecular complexity index is 388. The van der Waals surface area contributed by atoms with Gasteiger partial charge in [0, 0.05) is 18.8 Å². The topological polar surface area (TPSA) is 91.8 Å². The van der Waals surface area contributed by atoms with Crippen LogP contribution in [0, 0.1) is 0 Å². The van der Waals surface area contributed by atoms with E-state index in [0.29, 0.717) is 0 Å². The Morgan fingerprint density at radius 1 is 1.24 bits per heavy atom. The van der Waals surface area contributed by atoms with Gasteiger partial charge in [0.15, 0.2) is 9.84 Å². The third-order valence-corrected chi connectivity index (χ3v) is 3.95. The molecule has 0 aliphatic heterocycles. The lowest BCUT2D eigenvalue weighted by Crippen LogP contribution is -2.45. The van der Waals surface area contributed by atoms with Gasteiger partial charge in [-0.15, -0.1) is 0 Å². The molecule has 1 atom stereocenters. The number of amides is 1. The van der Waals surface area contributed by atoms with Crippen LogP contribution in [0.3, 0.4) is 0 Å². The summed E-state index contributed by atoms with van der Waals surface area (Å²) in [6, 6.07) is -0.231. The van der Waals surface area contributed by atoms with Gasteiger partial charge in [-0.2, -0.15) is 0 Å². The normalized spacial score (nSPS) is 13.5. The van der Waals surface area contributed by atoms with Crippen LogP contribution < -0.4 is 0 Å². The summed E-state index contributed by atoms with van der Waals surface area (Å²) in [6.45, 7) is 4.77. The zero-order valence-electron chi connectivity index (χ0n) is 10.5. The molecule has 0 aliphatic rings. The molecule has 6 nitrogen and oxygen atoms in total. The van der Waals surface area contributed by atoms with Gasteiger partial charge in [0.2, 0.25) is 5.91 Å². The molecule has 0 aromatic heterocycles. The van der Waals surface area contributed by atoms with Crippen LogP contribution in [-0.2, 0) is 19.4 Å². The zero-order valence-corrected chi connectivity index (χ0v) is 11.3. The number of aliphatic carboxylic acids is 1. The molecule has 0 rings (SSSR count). The average molecular weight is 265 g/mol. The Morgan fingerprint density at radius 2 is 1.71 bits per heavy atom. The van der Waals surface area contributed by atoms with Crippen molar-refractivity contribution in [2.75, 3.05) is 12.8 Å². The molecular formula is C10H19NO5S. The molecule has 0 aliphatic carbocycles. The van der Waals surface area contributed by atoms with Gasteiger partial charge in [-0.3, -0.25) is 9.59 Å². The molecule has 1 N–H and O–H groups in total. The number of sulfone groups is 1. The number of carbonyl (C=O) groups is 2. The molecule has 0 spiro atoms. The molecule has 1 unspecified atom stereocenters. The van der Waals surface area contributed by atoms with Crippen molar-refractivity contribution in [1.29, 1.82) is 0 Å². The predicted octanol–water partition coefficient (Wildman–Crippen LogP) is 0.131. The van der Waals surface area contributed by atoms with Gasteiger partial charge in [0.25, 0.3) is 0 Å². The molecule has 0 radical (unpaired) electrons. The van der Waals surface area contributed by atoms with Gasteiger partial charge in [-0.1, -0.05) is 0 Å². The molecule has 0 bridgehead atoms. The van der Waals surface area contributed by atoms with Crippen molar-refractivity contribution in [3.05, 3.63) is 0 Å². The molecule has 7 heteroatoms. The molecule has 1 amide bonds. The first-order chi connectivity index (χ1) is 7.57. The number of hydrogen-bond acceptors (Lipinski definition) is 4. The van der Waals surface area contributed by atoms with Gasteiger partial charge in [0.1, 0.15) is 5.25 Å². The monoisotopic (exact) mass is 265 g/mol. The van der Waals surface area contributed by atoms with Gasteiger partial charge in [-0.25, -0.2) is 8.42 Å². The molecule has 0 saturated heterocycles. The van der Waals surface area contributed by atoms with Crippen LogP contribution in [0.1, 0.15) is 27.2 Å². The highest BCUT2D eigenvalue weighted by molar-refractivity contribution is 7.92. The fraction of sp³-hybridized carbons (Fsp3) is 0.800. The summed E-state index contributed by atoms with van der Waals surface area (Å²) in [4.78, 5) is 23.6. The van der Waals surface area contributed by atoms with Crippen LogP contribution in [0.15, 0.2) is 0 Å². The second-order valence-electron chi connectivity index (χ2n) is 4.24. The first-order valence-corrected chi connectivity index (χ1v) is 7.24. The van der Waals surface area contributed by atoms with Crippen molar-refractivity contribution in [2.45, 2.75) is 38.5 Å². The molecule has 0 heterocycles. The van der Waals surface area contributed by atoms with Crippen LogP contribution in [-0.4, -0.2) is 54.4 Å². The van der Waals surface area contributed by atoms with Crippen LogP contribution in [0.5, 0.6) is 0 Å².